The van der Waals surface area contributed by atoms with Crippen molar-refractivity contribution in [1.82, 2.24) is 0 Å². The van der Waals surface area contributed by atoms with Crippen molar-refractivity contribution in [2.45, 2.75) is 43.2 Å². The quantitative estimate of drug-likeness (QED) is 0.283. The molecule has 1 aliphatic heterocycles. The van der Waals surface area contributed by atoms with Crippen LogP contribution < -0.4 is 0 Å². The zero-order valence-corrected chi connectivity index (χ0v) is 12.9. The second-order valence-corrected chi connectivity index (χ2v) is 5.00. The number of allylic oxidation sites excluding steroid dienone is 1. The van der Waals surface area contributed by atoms with E-state index in [1.165, 1.54) is 12.2 Å². The third-order valence-corrected chi connectivity index (χ3v) is 3.20. The molecule has 0 saturated carbocycles. The zero-order chi connectivity index (χ0) is 17.9. The first-order chi connectivity index (χ1) is 11.5. The molecule has 0 amide bonds. The Bertz CT molecular complexity index is 510. The van der Waals surface area contributed by atoms with Gasteiger partial charge in [0, 0.05) is 6.42 Å². The molecule has 0 aromatic heterocycles. The Morgan fingerprint density at radius 1 is 1.08 bits per heavy atom. The SMILES string of the molecule is OC/C=C/C#CC#CC(O)CCO[C@@H]1O[C@H](CO)[C@@H](O)[C@H](O)[C@H]1O. The summed E-state index contributed by atoms with van der Waals surface area (Å²) in [5.41, 5.74) is 0. The number of hydrogen-bond acceptors (Lipinski definition) is 8. The second kappa shape index (κ2) is 11.2. The Labute approximate surface area is 140 Å². The van der Waals surface area contributed by atoms with Crippen LogP contribution in [0.25, 0.3) is 0 Å². The van der Waals surface area contributed by atoms with Crippen LogP contribution in [0.15, 0.2) is 12.2 Å². The Hall–Kier alpha value is -1.46. The monoisotopic (exact) mass is 342 g/mol. The van der Waals surface area contributed by atoms with E-state index >= 15 is 0 Å². The Balaban J connectivity index is 2.39. The van der Waals surface area contributed by atoms with E-state index in [4.69, 9.17) is 19.7 Å². The molecule has 0 spiro atoms. The minimum Gasteiger partial charge on any atom is -0.394 e. The fourth-order valence-electron chi connectivity index (χ4n) is 1.88. The van der Waals surface area contributed by atoms with Crippen LogP contribution in [-0.4, -0.2) is 87.3 Å². The summed E-state index contributed by atoms with van der Waals surface area (Å²) in [5.74, 6) is 9.90. The van der Waals surface area contributed by atoms with Gasteiger partial charge in [0.15, 0.2) is 6.29 Å². The summed E-state index contributed by atoms with van der Waals surface area (Å²) < 4.78 is 10.4. The lowest BCUT2D eigenvalue weighted by Gasteiger charge is -2.39. The van der Waals surface area contributed by atoms with Crippen molar-refractivity contribution in [1.29, 1.82) is 0 Å². The van der Waals surface area contributed by atoms with Crippen LogP contribution in [0.1, 0.15) is 6.42 Å². The highest BCUT2D eigenvalue weighted by molar-refractivity contribution is 5.31. The molecule has 1 heterocycles. The third kappa shape index (κ3) is 6.57. The summed E-state index contributed by atoms with van der Waals surface area (Å²) in [5, 5.41) is 56.1. The van der Waals surface area contributed by atoms with Gasteiger partial charge in [-0.25, -0.2) is 0 Å². The van der Waals surface area contributed by atoms with Crippen molar-refractivity contribution >= 4 is 0 Å². The molecule has 1 unspecified atom stereocenters. The number of rotatable bonds is 6. The van der Waals surface area contributed by atoms with Gasteiger partial charge in [0.1, 0.15) is 30.5 Å². The largest absolute Gasteiger partial charge is 0.394 e. The normalized spacial score (nSPS) is 31.0. The summed E-state index contributed by atoms with van der Waals surface area (Å²) in [7, 11) is 0. The lowest BCUT2D eigenvalue weighted by atomic mass is 9.99. The zero-order valence-electron chi connectivity index (χ0n) is 12.9. The van der Waals surface area contributed by atoms with Crippen molar-refractivity contribution in [2.24, 2.45) is 0 Å². The Morgan fingerprint density at radius 3 is 2.50 bits per heavy atom. The molecule has 0 aromatic rings. The number of aliphatic hydroxyl groups is 6. The maximum Gasteiger partial charge on any atom is 0.186 e. The molecule has 0 radical (unpaired) electrons. The highest BCUT2D eigenvalue weighted by Gasteiger charge is 2.43. The van der Waals surface area contributed by atoms with E-state index in [0.717, 1.165) is 0 Å². The van der Waals surface area contributed by atoms with Crippen LogP contribution in [0.2, 0.25) is 0 Å². The number of aliphatic hydroxyl groups excluding tert-OH is 6. The van der Waals surface area contributed by atoms with Crippen LogP contribution in [0, 0.1) is 23.7 Å². The average Bonchev–Trinajstić information content (AvgIpc) is 2.58. The average molecular weight is 342 g/mol. The van der Waals surface area contributed by atoms with E-state index < -0.39 is 43.4 Å². The lowest BCUT2D eigenvalue weighted by molar-refractivity contribution is -0.301. The first-order valence-corrected chi connectivity index (χ1v) is 7.38. The molecule has 1 aliphatic rings. The first kappa shape index (κ1) is 20.6. The highest BCUT2D eigenvalue weighted by atomic mass is 16.7. The molecule has 6 atom stereocenters. The standard InChI is InChI=1S/C16H22O8/c17-8-5-3-1-2-4-6-11(19)7-9-23-16-15(22)14(21)13(20)12(10-18)24-16/h3,5,11-22H,7-10H2/b5-3+/t11?,12-,13-,14+,15-,16-/m1/s1. The van der Waals surface area contributed by atoms with Gasteiger partial charge in [0.05, 0.1) is 19.8 Å². The number of hydrogen-bond donors (Lipinski definition) is 6. The smallest absolute Gasteiger partial charge is 0.186 e. The molecule has 0 aliphatic carbocycles. The molecule has 8 nitrogen and oxygen atoms in total. The summed E-state index contributed by atoms with van der Waals surface area (Å²) in [6.07, 6.45) is -4.72. The van der Waals surface area contributed by atoms with E-state index in [1.807, 2.05) is 0 Å². The molecule has 1 rings (SSSR count). The van der Waals surface area contributed by atoms with Gasteiger partial charge < -0.3 is 40.1 Å². The van der Waals surface area contributed by atoms with E-state index in [2.05, 4.69) is 23.7 Å². The Kier molecular flexibility index (Phi) is 9.57. The molecule has 6 N–H and O–H groups in total. The third-order valence-electron chi connectivity index (χ3n) is 3.20. The molecular formula is C16H22O8. The van der Waals surface area contributed by atoms with E-state index in [-0.39, 0.29) is 19.6 Å². The van der Waals surface area contributed by atoms with Gasteiger partial charge in [-0.05, 0) is 17.9 Å². The van der Waals surface area contributed by atoms with Crippen LogP contribution in [-0.2, 0) is 9.47 Å². The minimum atomic E-state index is -1.51. The number of ether oxygens (including phenoxy) is 2. The molecule has 0 bridgehead atoms. The van der Waals surface area contributed by atoms with Gasteiger partial charge in [-0.2, -0.15) is 0 Å². The molecule has 8 heteroatoms. The first-order valence-electron chi connectivity index (χ1n) is 7.38. The summed E-state index contributed by atoms with van der Waals surface area (Å²) >= 11 is 0. The van der Waals surface area contributed by atoms with Gasteiger partial charge in [-0.1, -0.05) is 17.9 Å². The predicted octanol–water partition coefficient (Wildman–Crippen LogP) is -2.89. The molecule has 0 aromatic carbocycles. The van der Waals surface area contributed by atoms with Crippen LogP contribution in [0.4, 0.5) is 0 Å². The maximum atomic E-state index is 9.76. The highest BCUT2D eigenvalue weighted by Crippen LogP contribution is 2.22. The predicted molar refractivity (Wildman–Crippen MR) is 82.1 cm³/mol. The van der Waals surface area contributed by atoms with Crippen LogP contribution in [0.3, 0.4) is 0 Å². The topological polar surface area (TPSA) is 140 Å². The summed E-state index contributed by atoms with van der Waals surface area (Å²) in [6, 6.07) is 0. The van der Waals surface area contributed by atoms with E-state index in [9.17, 15) is 20.4 Å². The fourth-order valence-corrected chi connectivity index (χ4v) is 1.88. The Morgan fingerprint density at radius 2 is 1.83 bits per heavy atom. The molecule has 1 saturated heterocycles. The van der Waals surface area contributed by atoms with Crippen molar-refractivity contribution < 1.29 is 40.1 Å². The summed E-state index contributed by atoms with van der Waals surface area (Å²) in [4.78, 5) is 0. The van der Waals surface area contributed by atoms with Crippen molar-refractivity contribution in [3.8, 4) is 23.7 Å². The van der Waals surface area contributed by atoms with Gasteiger partial charge >= 0.3 is 0 Å². The minimum absolute atomic E-state index is 0.0314. The van der Waals surface area contributed by atoms with Gasteiger partial charge in [0.25, 0.3) is 0 Å². The molecule has 24 heavy (non-hydrogen) atoms. The fraction of sp³-hybridized carbons (Fsp3) is 0.625. The maximum absolute atomic E-state index is 9.76. The molecular weight excluding hydrogens is 320 g/mol. The van der Waals surface area contributed by atoms with Gasteiger partial charge in [-0.3, -0.25) is 0 Å². The lowest BCUT2D eigenvalue weighted by Crippen LogP contribution is -2.59. The van der Waals surface area contributed by atoms with Gasteiger partial charge in [0.2, 0.25) is 0 Å². The van der Waals surface area contributed by atoms with Gasteiger partial charge in [-0.15, -0.1) is 0 Å². The van der Waals surface area contributed by atoms with Crippen molar-refractivity contribution in [2.75, 3.05) is 19.8 Å². The van der Waals surface area contributed by atoms with Crippen molar-refractivity contribution in [3.05, 3.63) is 12.2 Å². The molecule has 134 valence electrons. The van der Waals surface area contributed by atoms with Crippen molar-refractivity contribution in [3.63, 3.8) is 0 Å². The second-order valence-electron chi connectivity index (χ2n) is 5.00. The summed E-state index contributed by atoms with van der Waals surface area (Å²) in [6.45, 7) is -0.682. The molecule has 1 fully saturated rings. The van der Waals surface area contributed by atoms with E-state index in [0.29, 0.717) is 0 Å². The van der Waals surface area contributed by atoms with E-state index in [1.54, 1.807) is 0 Å². The van der Waals surface area contributed by atoms with Crippen LogP contribution in [0.5, 0.6) is 0 Å². The van der Waals surface area contributed by atoms with Crippen LogP contribution >= 0.6 is 0 Å².